The Balaban J connectivity index is 2.27. The molecule has 0 spiro atoms. The molecule has 0 aromatic heterocycles. The van der Waals surface area contributed by atoms with Crippen molar-refractivity contribution < 1.29 is 26.3 Å². The van der Waals surface area contributed by atoms with Gasteiger partial charge in [-0.05, 0) is 19.1 Å². The molecule has 136 valence electrons. The second kappa shape index (κ2) is 7.26. The molecule has 24 heavy (non-hydrogen) atoms. The highest BCUT2D eigenvalue weighted by Gasteiger charge is 2.34. The van der Waals surface area contributed by atoms with Gasteiger partial charge in [-0.3, -0.25) is 0 Å². The van der Waals surface area contributed by atoms with Crippen LogP contribution in [0.15, 0.2) is 23.1 Å². The first-order valence-electron chi connectivity index (χ1n) is 7.46. The van der Waals surface area contributed by atoms with Crippen molar-refractivity contribution in [1.82, 2.24) is 8.61 Å². The van der Waals surface area contributed by atoms with Crippen LogP contribution in [0.5, 0.6) is 11.5 Å². The van der Waals surface area contributed by atoms with Crippen molar-refractivity contribution in [1.29, 1.82) is 0 Å². The summed E-state index contributed by atoms with van der Waals surface area (Å²) in [6.45, 7) is 2.05. The molecular weight excluding hydrogens is 356 g/mol. The summed E-state index contributed by atoms with van der Waals surface area (Å²) in [7, 11) is -4.27. The number of hydrogen-bond donors (Lipinski definition) is 0. The van der Waals surface area contributed by atoms with Crippen molar-refractivity contribution in [2.24, 2.45) is 0 Å². The molecular formula is C14H22N2O6S2. The van der Waals surface area contributed by atoms with Crippen LogP contribution in [0.3, 0.4) is 0 Å². The molecule has 1 aromatic carbocycles. The minimum atomic E-state index is -3.81. The summed E-state index contributed by atoms with van der Waals surface area (Å²) in [5.41, 5.74) is 0. The van der Waals surface area contributed by atoms with Crippen molar-refractivity contribution in [2.75, 3.05) is 46.2 Å². The van der Waals surface area contributed by atoms with E-state index in [1.807, 2.05) is 0 Å². The zero-order valence-corrected chi connectivity index (χ0v) is 15.6. The lowest BCUT2D eigenvalue weighted by molar-refractivity contribution is 0.272. The molecule has 8 nitrogen and oxygen atoms in total. The molecule has 0 atom stereocenters. The minimum absolute atomic E-state index is 0.00343. The fourth-order valence-electron chi connectivity index (χ4n) is 2.50. The Kier molecular flexibility index (Phi) is 5.74. The van der Waals surface area contributed by atoms with E-state index in [-0.39, 0.29) is 42.6 Å². The summed E-state index contributed by atoms with van der Waals surface area (Å²) in [6, 6.07) is 4.55. The standard InChI is InChI=1S/C14H22N2O6S2/c1-4-23(17,18)15-7-9-16(10-8-15)24(19,20)14-11-12(21-2)5-6-13(14)22-3/h5-6,11H,4,7-10H2,1-3H3. The SMILES string of the molecule is CCS(=O)(=O)N1CCN(S(=O)(=O)c2cc(OC)ccc2OC)CC1. The minimum Gasteiger partial charge on any atom is -0.497 e. The maximum Gasteiger partial charge on any atom is 0.246 e. The number of piperazine rings is 1. The Morgan fingerprint density at radius 2 is 1.54 bits per heavy atom. The molecule has 0 saturated carbocycles. The van der Waals surface area contributed by atoms with E-state index in [0.717, 1.165) is 0 Å². The van der Waals surface area contributed by atoms with Crippen LogP contribution in [0.4, 0.5) is 0 Å². The molecule has 2 rings (SSSR count). The number of benzene rings is 1. The van der Waals surface area contributed by atoms with Gasteiger partial charge in [0.1, 0.15) is 16.4 Å². The molecule has 1 aromatic rings. The summed E-state index contributed by atoms with van der Waals surface area (Å²) < 4.78 is 62.4. The first kappa shape index (κ1) is 19.0. The summed E-state index contributed by atoms with van der Waals surface area (Å²) in [4.78, 5) is 0.0103. The first-order chi connectivity index (χ1) is 11.3. The van der Waals surface area contributed by atoms with Crippen LogP contribution in [-0.4, -0.2) is 71.6 Å². The number of methoxy groups -OCH3 is 2. The van der Waals surface area contributed by atoms with Gasteiger partial charge in [0, 0.05) is 32.2 Å². The van der Waals surface area contributed by atoms with E-state index in [4.69, 9.17) is 9.47 Å². The van der Waals surface area contributed by atoms with Gasteiger partial charge in [-0.2, -0.15) is 8.61 Å². The number of sulfonamides is 2. The summed E-state index contributed by atoms with van der Waals surface area (Å²) in [6.07, 6.45) is 0. The van der Waals surface area contributed by atoms with Crippen LogP contribution < -0.4 is 9.47 Å². The van der Waals surface area contributed by atoms with Gasteiger partial charge in [-0.25, -0.2) is 16.8 Å². The van der Waals surface area contributed by atoms with E-state index < -0.39 is 20.0 Å². The van der Waals surface area contributed by atoms with Gasteiger partial charge in [0.25, 0.3) is 0 Å². The predicted octanol–water partition coefficient (Wildman–Crippen LogP) is 0.360. The highest BCUT2D eigenvalue weighted by Crippen LogP contribution is 2.31. The van der Waals surface area contributed by atoms with E-state index in [0.29, 0.717) is 5.75 Å². The van der Waals surface area contributed by atoms with Gasteiger partial charge in [0.15, 0.2) is 0 Å². The largest absolute Gasteiger partial charge is 0.497 e. The lowest BCUT2D eigenvalue weighted by atomic mass is 10.3. The molecule has 1 heterocycles. The number of ether oxygens (including phenoxy) is 2. The molecule has 0 N–H and O–H groups in total. The smallest absolute Gasteiger partial charge is 0.246 e. The van der Waals surface area contributed by atoms with Gasteiger partial charge >= 0.3 is 0 Å². The van der Waals surface area contributed by atoms with Gasteiger partial charge < -0.3 is 9.47 Å². The average molecular weight is 378 g/mol. The first-order valence-corrected chi connectivity index (χ1v) is 10.5. The van der Waals surface area contributed by atoms with Crippen molar-refractivity contribution in [3.05, 3.63) is 18.2 Å². The highest BCUT2D eigenvalue weighted by atomic mass is 32.2. The summed E-state index contributed by atoms with van der Waals surface area (Å²) in [5, 5.41) is 0. The zero-order chi connectivity index (χ0) is 18.0. The van der Waals surface area contributed by atoms with E-state index in [1.165, 1.54) is 35.0 Å². The molecule has 0 bridgehead atoms. The third-order valence-corrected chi connectivity index (χ3v) is 7.75. The van der Waals surface area contributed by atoms with Crippen LogP contribution in [0.1, 0.15) is 6.92 Å². The van der Waals surface area contributed by atoms with Gasteiger partial charge in [0.2, 0.25) is 20.0 Å². The molecule has 0 radical (unpaired) electrons. The van der Waals surface area contributed by atoms with Crippen LogP contribution in [-0.2, 0) is 20.0 Å². The van der Waals surface area contributed by atoms with Crippen molar-refractivity contribution in [2.45, 2.75) is 11.8 Å². The van der Waals surface area contributed by atoms with E-state index >= 15 is 0 Å². The number of hydrogen-bond acceptors (Lipinski definition) is 6. The average Bonchev–Trinajstić information content (AvgIpc) is 2.61. The quantitative estimate of drug-likeness (QED) is 0.710. The predicted molar refractivity (Wildman–Crippen MR) is 89.3 cm³/mol. The Morgan fingerprint density at radius 3 is 2.04 bits per heavy atom. The topological polar surface area (TPSA) is 93.2 Å². The van der Waals surface area contributed by atoms with Crippen molar-refractivity contribution in [3.8, 4) is 11.5 Å². The van der Waals surface area contributed by atoms with E-state index in [2.05, 4.69) is 0 Å². The molecule has 1 fully saturated rings. The molecule has 1 aliphatic heterocycles. The maximum atomic E-state index is 12.9. The highest BCUT2D eigenvalue weighted by molar-refractivity contribution is 7.89. The molecule has 0 aliphatic carbocycles. The van der Waals surface area contributed by atoms with Crippen LogP contribution >= 0.6 is 0 Å². The second-order valence-corrected chi connectivity index (χ2v) is 9.38. The fourth-order valence-corrected chi connectivity index (χ4v) is 5.17. The fraction of sp³-hybridized carbons (Fsp3) is 0.571. The number of nitrogens with zero attached hydrogens (tertiary/aromatic N) is 2. The monoisotopic (exact) mass is 378 g/mol. The lowest BCUT2D eigenvalue weighted by Gasteiger charge is -2.33. The Morgan fingerprint density at radius 1 is 0.958 bits per heavy atom. The third kappa shape index (κ3) is 3.66. The zero-order valence-electron chi connectivity index (χ0n) is 13.9. The van der Waals surface area contributed by atoms with Gasteiger partial charge in [-0.15, -0.1) is 0 Å². The second-order valence-electron chi connectivity index (χ2n) is 5.22. The maximum absolute atomic E-state index is 12.9. The Bertz CT molecular complexity index is 783. The summed E-state index contributed by atoms with van der Waals surface area (Å²) >= 11 is 0. The van der Waals surface area contributed by atoms with Gasteiger partial charge in [-0.1, -0.05) is 0 Å². The van der Waals surface area contributed by atoms with Crippen LogP contribution in [0, 0.1) is 0 Å². The molecule has 1 aliphatic rings. The normalized spacial score (nSPS) is 17.6. The van der Waals surface area contributed by atoms with E-state index in [9.17, 15) is 16.8 Å². The summed E-state index contributed by atoms with van der Waals surface area (Å²) in [5.74, 6) is 0.629. The van der Waals surface area contributed by atoms with Crippen molar-refractivity contribution in [3.63, 3.8) is 0 Å². The van der Waals surface area contributed by atoms with Crippen LogP contribution in [0.2, 0.25) is 0 Å². The van der Waals surface area contributed by atoms with Crippen molar-refractivity contribution >= 4 is 20.0 Å². The molecule has 0 amide bonds. The Hall–Kier alpha value is -1.36. The molecule has 0 unspecified atom stereocenters. The van der Waals surface area contributed by atoms with Crippen LogP contribution in [0.25, 0.3) is 0 Å². The molecule has 10 heteroatoms. The lowest BCUT2D eigenvalue weighted by Crippen LogP contribution is -2.50. The Labute approximate surface area is 143 Å². The van der Waals surface area contributed by atoms with Gasteiger partial charge in [0.05, 0.1) is 20.0 Å². The molecule has 1 saturated heterocycles. The van der Waals surface area contributed by atoms with E-state index in [1.54, 1.807) is 13.0 Å². The number of rotatable bonds is 6. The third-order valence-electron chi connectivity index (χ3n) is 3.94.